The highest BCUT2D eigenvalue weighted by atomic mass is 127. The lowest BCUT2D eigenvalue weighted by Crippen LogP contribution is -2.37. The van der Waals surface area contributed by atoms with Gasteiger partial charge < -0.3 is 15.2 Å². The van der Waals surface area contributed by atoms with Crippen molar-refractivity contribution in [2.75, 3.05) is 13.6 Å². The summed E-state index contributed by atoms with van der Waals surface area (Å²) >= 11 is 0. The molecule has 0 fully saturated rings. The molecule has 2 heterocycles. The predicted molar refractivity (Wildman–Crippen MR) is 132 cm³/mol. The first-order valence-corrected chi connectivity index (χ1v) is 9.76. The van der Waals surface area contributed by atoms with Crippen LogP contribution in [0.1, 0.15) is 12.0 Å². The van der Waals surface area contributed by atoms with Gasteiger partial charge in [0, 0.05) is 44.0 Å². The molecule has 0 radical (unpaired) electrons. The SMILES string of the molecule is CN=C(NCCCn1ccc2ccccc21)NCc1cccc(-c2ncn[nH]2)c1.I. The van der Waals surface area contributed by atoms with Crippen molar-refractivity contribution in [3.63, 3.8) is 0 Å². The number of aromatic amines is 1. The summed E-state index contributed by atoms with van der Waals surface area (Å²) in [6, 6.07) is 18.8. The molecule has 0 bridgehead atoms. The maximum Gasteiger partial charge on any atom is 0.191 e. The average molecular weight is 515 g/mol. The fourth-order valence-corrected chi connectivity index (χ4v) is 3.37. The van der Waals surface area contributed by atoms with Gasteiger partial charge in [-0.05, 0) is 35.6 Å². The lowest BCUT2D eigenvalue weighted by Gasteiger charge is -2.13. The van der Waals surface area contributed by atoms with E-state index in [1.54, 1.807) is 7.05 Å². The number of rotatable bonds is 7. The topological polar surface area (TPSA) is 82.9 Å². The Hall–Kier alpha value is -2.88. The van der Waals surface area contributed by atoms with Crippen LogP contribution < -0.4 is 10.6 Å². The Balaban J connectivity index is 0.00000256. The van der Waals surface area contributed by atoms with Crippen LogP contribution in [0.2, 0.25) is 0 Å². The Labute approximate surface area is 193 Å². The highest BCUT2D eigenvalue weighted by Crippen LogP contribution is 2.16. The van der Waals surface area contributed by atoms with E-state index < -0.39 is 0 Å². The minimum atomic E-state index is 0. The summed E-state index contributed by atoms with van der Waals surface area (Å²) < 4.78 is 2.29. The van der Waals surface area contributed by atoms with Gasteiger partial charge in [-0.2, -0.15) is 5.10 Å². The average Bonchev–Trinajstić information content (AvgIpc) is 3.44. The van der Waals surface area contributed by atoms with Crippen molar-refractivity contribution in [3.05, 3.63) is 72.7 Å². The maximum absolute atomic E-state index is 4.32. The fraction of sp³-hybridized carbons (Fsp3) is 0.227. The third-order valence-corrected chi connectivity index (χ3v) is 4.85. The quantitative estimate of drug-likeness (QED) is 0.151. The van der Waals surface area contributed by atoms with Crippen molar-refractivity contribution in [2.45, 2.75) is 19.5 Å². The van der Waals surface area contributed by atoms with E-state index in [-0.39, 0.29) is 24.0 Å². The molecule has 2 aromatic carbocycles. The van der Waals surface area contributed by atoms with E-state index in [1.165, 1.54) is 17.2 Å². The number of halogens is 1. The summed E-state index contributed by atoms with van der Waals surface area (Å²) in [7, 11) is 1.79. The van der Waals surface area contributed by atoms with Crippen LogP contribution in [0.3, 0.4) is 0 Å². The van der Waals surface area contributed by atoms with Crippen molar-refractivity contribution >= 4 is 40.8 Å². The van der Waals surface area contributed by atoms with Gasteiger partial charge in [0.25, 0.3) is 0 Å². The van der Waals surface area contributed by atoms with Crippen molar-refractivity contribution in [1.29, 1.82) is 0 Å². The monoisotopic (exact) mass is 515 g/mol. The molecule has 3 N–H and O–H groups in total. The van der Waals surface area contributed by atoms with E-state index in [1.807, 2.05) is 12.1 Å². The first-order valence-electron chi connectivity index (χ1n) is 9.76. The second kappa shape index (κ2) is 10.8. The van der Waals surface area contributed by atoms with Gasteiger partial charge in [0.2, 0.25) is 0 Å². The van der Waals surface area contributed by atoms with Crippen LogP contribution in [0.5, 0.6) is 0 Å². The number of para-hydroxylation sites is 1. The first-order chi connectivity index (χ1) is 14.3. The van der Waals surface area contributed by atoms with Gasteiger partial charge >= 0.3 is 0 Å². The molecule has 30 heavy (non-hydrogen) atoms. The zero-order valence-electron chi connectivity index (χ0n) is 16.9. The number of aliphatic imine (C=N–C) groups is 1. The van der Waals surface area contributed by atoms with E-state index in [0.29, 0.717) is 6.54 Å². The van der Waals surface area contributed by atoms with Gasteiger partial charge in [0.05, 0.1) is 0 Å². The van der Waals surface area contributed by atoms with Gasteiger partial charge in [-0.3, -0.25) is 10.1 Å². The Morgan fingerprint density at radius 1 is 1.10 bits per heavy atom. The summed E-state index contributed by atoms with van der Waals surface area (Å²) in [5, 5.41) is 14.8. The number of fused-ring (bicyclic) bond motifs is 1. The second-order valence-corrected chi connectivity index (χ2v) is 6.81. The second-order valence-electron chi connectivity index (χ2n) is 6.81. The van der Waals surface area contributed by atoms with Gasteiger partial charge in [-0.25, -0.2) is 4.98 Å². The molecule has 8 heteroatoms. The number of H-pyrrole nitrogens is 1. The summed E-state index contributed by atoms with van der Waals surface area (Å²) in [4.78, 5) is 8.52. The van der Waals surface area contributed by atoms with Gasteiger partial charge in [-0.15, -0.1) is 24.0 Å². The Morgan fingerprint density at radius 3 is 2.83 bits per heavy atom. The molecule has 0 spiro atoms. The van der Waals surface area contributed by atoms with Crippen LogP contribution in [0.4, 0.5) is 0 Å². The van der Waals surface area contributed by atoms with Gasteiger partial charge in [-0.1, -0.05) is 36.4 Å². The minimum Gasteiger partial charge on any atom is -0.356 e. The number of guanidine groups is 1. The Bertz CT molecular complexity index is 1090. The van der Waals surface area contributed by atoms with E-state index in [0.717, 1.165) is 42.4 Å². The predicted octanol–water partition coefficient (Wildman–Crippen LogP) is 3.80. The standard InChI is InChI=1S/C22H25N7.HI/c1-23-22(24-11-5-12-29-13-10-18-7-2-3-9-20(18)29)25-15-17-6-4-8-19(14-17)21-26-16-27-28-21;/h2-4,6-10,13-14,16H,5,11-12,15H2,1H3,(H2,23,24,25)(H,26,27,28);1H. The molecule has 156 valence electrons. The molecule has 0 aliphatic rings. The van der Waals surface area contributed by atoms with Gasteiger partial charge in [0.1, 0.15) is 6.33 Å². The normalized spacial score (nSPS) is 11.3. The molecule has 7 nitrogen and oxygen atoms in total. The van der Waals surface area contributed by atoms with Crippen molar-refractivity contribution in [2.24, 2.45) is 4.99 Å². The first kappa shape index (κ1) is 21.8. The molecule has 0 saturated carbocycles. The van der Waals surface area contributed by atoms with Crippen LogP contribution in [0.25, 0.3) is 22.3 Å². The number of nitrogens with zero attached hydrogens (tertiary/aromatic N) is 4. The van der Waals surface area contributed by atoms with E-state index in [9.17, 15) is 0 Å². The molecule has 4 rings (SSSR count). The Kier molecular flexibility index (Phi) is 7.83. The summed E-state index contributed by atoms with van der Waals surface area (Å²) in [6.07, 6.45) is 4.68. The number of hydrogen-bond donors (Lipinski definition) is 3. The third kappa shape index (κ3) is 5.38. The zero-order chi connectivity index (χ0) is 19.9. The number of nitrogens with one attached hydrogen (secondary N) is 3. The Morgan fingerprint density at radius 2 is 2.00 bits per heavy atom. The van der Waals surface area contributed by atoms with E-state index >= 15 is 0 Å². The molecule has 2 aromatic heterocycles. The lowest BCUT2D eigenvalue weighted by atomic mass is 10.1. The molecule has 0 amide bonds. The van der Waals surface area contributed by atoms with Crippen LogP contribution in [-0.2, 0) is 13.1 Å². The maximum atomic E-state index is 4.32. The molecule has 0 aliphatic carbocycles. The smallest absolute Gasteiger partial charge is 0.191 e. The van der Waals surface area contributed by atoms with Crippen LogP contribution in [0.15, 0.2) is 72.1 Å². The number of aryl methyl sites for hydroxylation is 1. The minimum absolute atomic E-state index is 0. The van der Waals surface area contributed by atoms with Crippen LogP contribution in [-0.4, -0.2) is 39.3 Å². The summed E-state index contributed by atoms with van der Waals surface area (Å²) in [5.74, 6) is 1.57. The molecular formula is C22H26IN7. The van der Waals surface area contributed by atoms with Crippen LogP contribution in [0, 0.1) is 0 Å². The highest BCUT2D eigenvalue weighted by Gasteiger charge is 2.04. The van der Waals surface area contributed by atoms with E-state index in [4.69, 9.17) is 0 Å². The summed E-state index contributed by atoms with van der Waals surface area (Å²) in [5.41, 5.74) is 3.45. The molecule has 4 aromatic rings. The molecule has 0 unspecified atom stereocenters. The number of benzene rings is 2. The van der Waals surface area contributed by atoms with Crippen molar-refractivity contribution < 1.29 is 0 Å². The molecule has 0 aliphatic heterocycles. The van der Waals surface area contributed by atoms with E-state index in [2.05, 4.69) is 84.0 Å². The molecular weight excluding hydrogens is 489 g/mol. The number of hydrogen-bond acceptors (Lipinski definition) is 3. The zero-order valence-corrected chi connectivity index (χ0v) is 19.2. The molecule has 0 saturated heterocycles. The van der Waals surface area contributed by atoms with Crippen LogP contribution >= 0.6 is 24.0 Å². The number of aromatic nitrogens is 4. The van der Waals surface area contributed by atoms with Gasteiger partial charge in [0.15, 0.2) is 11.8 Å². The van der Waals surface area contributed by atoms with Crippen molar-refractivity contribution in [3.8, 4) is 11.4 Å². The largest absolute Gasteiger partial charge is 0.356 e. The van der Waals surface area contributed by atoms with Crippen molar-refractivity contribution in [1.82, 2.24) is 30.4 Å². The lowest BCUT2D eigenvalue weighted by molar-refractivity contribution is 0.640. The summed E-state index contributed by atoms with van der Waals surface area (Å²) in [6.45, 7) is 2.50. The third-order valence-electron chi connectivity index (χ3n) is 4.85. The fourth-order valence-electron chi connectivity index (χ4n) is 3.37. The molecule has 0 atom stereocenters. The highest BCUT2D eigenvalue weighted by molar-refractivity contribution is 14.0.